The van der Waals surface area contributed by atoms with Crippen LogP contribution in [0.3, 0.4) is 0 Å². The molecule has 0 atom stereocenters. The number of pyridine rings is 1. The van der Waals surface area contributed by atoms with Gasteiger partial charge in [0.1, 0.15) is 11.3 Å². The van der Waals surface area contributed by atoms with Gasteiger partial charge in [-0.3, -0.25) is 9.78 Å². The summed E-state index contributed by atoms with van der Waals surface area (Å²) in [5.74, 6) is 1.64. The zero-order valence-electron chi connectivity index (χ0n) is 33.8. The Balaban J connectivity index is 0.000000433. The van der Waals surface area contributed by atoms with E-state index in [-0.39, 0.29) is 49.9 Å². The molecule has 0 fully saturated rings. The monoisotopic (exact) mass is 933 g/mol. The molecular formula is C47H57F3IrNO3-. The molecule has 4 nitrogen and oxygen atoms in total. The van der Waals surface area contributed by atoms with E-state index in [1.165, 1.54) is 30.9 Å². The molecule has 0 aliphatic carbocycles. The maximum absolute atomic E-state index is 13.4. The summed E-state index contributed by atoms with van der Waals surface area (Å²) in [7, 11) is 0. The number of carbonyl (C=O) groups excluding carboxylic acids is 1. The van der Waals surface area contributed by atoms with E-state index in [4.69, 9.17) is 9.40 Å². The number of alkyl halides is 3. The zero-order valence-corrected chi connectivity index (χ0v) is 36.2. The first kappa shape index (κ1) is 45.6. The minimum Gasteiger partial charge on any atom is -0.512 e. The van der Waals surface area contributed by atoms with Gasteiger partial charge < -0.3 is 9.52 Å². The maximum Gasteiger partial charge on any atom is 0.394 e. The number of hydrogen-bond acceptors (Lipinski definition) is 4. The van der Waals surface area contributed by atoms with Crippen molar-refractivity contribution < 1.29 is 47.6 Å². The Labute approximate surface area is 339 Å². The molecule has 0 spiro atoms. The number of carbonyl (C=O) groups is 1. The number of aliphatic hydroxyl groups is 1. The van der Waals surface area contributed by atoms with Gasteiger partial charge in [-0.05, 0) is 68.2 Å². The minimum absolute atomic E-state index is 0. The van der Waals surface area contributed by atoms with E-state index in [9.17, 15) is 23.1 Å². The molecule has 5 aromatic rings. The summed E-state index contributed by atoms with van der Waals surface area (Å²) in [5, 5.41) is 12.9. The molecule has 0 aliphatic rings. The van der Waals surface area contributed by atoms with E-state index < -0.39 is 11.6 Å². The van der Waals surface area contributed by atoms with Gasteiger partial charge in [-0.25, -0.2) is 0 Å². The second kappa shape index (κ2) is 19.9. The summed E-state index contributed by atoms with van der Waals surface area (Å²) in [4.78, 5) is 16.4. The third-order valence-corrected chi connectivity index (χ3v) is 11.0. The Kier molecular flexibility index (Phi) is 16.5. The van der Waals surface area contributed by atoms with Crippen molar-refractivity contribution in [3.8, 4) is 22.6 Å². The summed E-state index contributed by atoms with van der Waals surface area (Å²) in [5.41, 5.74) is 4.17. The number of allylic oxidation sites excluding steroid dienone is 2. The number of furan rings is 1. The molecule has 2 aromatic heterocycles. The number of aliphatic hydroxyl groups excluding tert-OH is 1. The zero-order chi connectivity index (χ0) is 39.8. The van der Waals surface area contributed by atoms with E-state index in [1.54, 1.807) is 12.3 Å². The smallest absolute Gasteiger partial charge is 0.394 e. The van der Waals surface area contributed by atoms with Crippen LogP contribution in [0.25, 0.3) is 44.3 Å². The van der Waals surface area contributed by atoms with Gasteiger partial charge in [-0.2, -0.15) is 13.2 Å². The normalized spacial score (nSPS) is 12.4. The van der Waals surface area contributed by atoms with Crippen LogP contribution in [0.5, 0.6) is 0 Å². The standard InChI is InChI=1S/C34H33F3NO.C13H24O2.Ir/c1-6-23(7-2)29-18-26(17-24-10-8-9-11-28(24)29)31-32-25(14-15-38-31)19-30(39-32)27-13-12-22(16-21(27)3)20-33(4,5)34(35,36)37;1-5-10(6-2)12(14)9-13(15)11(7-3)8-4;/h8-16,18-19,23H,6-7,20H2,1-5H3;9-11,14H,5-8H2,1-4H3;/q-1;;/b;12-9-;. The van der Waals surface area contributed by atoms with Gasteiger partial charge in [0.25, 0.3) is 0 Å². The number of aryl methyl sites for hydroxylation is 1. The molecular weight excluding hydrogens is 876 g/mol. The fourth-order valence-electron chi connectivity index (χ4n) is 7.24. The van der Waals surface area contributed by atoms with Crippen LogP contribution in [0.2, 0.25) is 0 Å². The van der Waals surface area contributed by atoms with Crippen LogP contribution in [-0.4, -0.2) is 22.1 Å². The van der Waals surface area contributed by atoms with Crippen molar-refractivity contribution in [2.24, 2.45) is 17.3 Å². The van der Waals surface area contributed by atoms with Crippen LogP contribution in [0.1, 0.15) is 117 Å². The number of ketones is 1. The molecule has 0 aliphatic heterocycles. The van der Waals surface area contributed by atoms with Crippen molar-refractivity contribution in [3.63, 3.8) is 0 Å². The van der Waals surface area contributed by atoms with Crippen molar-refractivity contribution >= 4 is 27.5 Å². The summed E-state index contributed by atoms with van der Waals surface area (Å²) in [6.45, 7) is 16.9. The van der Waals surface area contributed by atoms with Crippen LogP contribution < -0.4 is 0 Å². The second-order valence-corrected chi connectivity index (χ2v) is 15.1. The quantitative estimate of drug-likeness (QED) is 0.0685. The Morgan fingerprint density at radius 2 is 1.51 bits per heavy atom. The van der Waals surface area contributed by atoms with Gasteiger partial charge in [-0.1, -0.05) is 116 Å². The third kappa shape index (κ3) is 10.8. The molecule has 8 heteroatoms. The maximum atomic E-state index is 13.4. The molecule has 1 radical (unpaired) electrons. The molecule has 299 valence electrons. The number of fused-ring (bicyclic) bond motifs is 2. The van der Waals surface area contributed by atoms with Gasteiger partial charge in [-0.15, -0.1) is 29.1 Å². The Bertz CT molecular complexity index is 2050. The molecule has 0 bridgehead atoms. The molecule has 1 N–H and O–H groups in total. The first-order valence-corrected chi connectivity index (χ1v) is 19.6. The largest absolute Gasteiger partial charge is 0.512 e. The first-order chi connectivity index (χ1) is 25.6. The van der Waals surface area contributed by atoms with Gasteiger partial charge in [0.2, 0.25) is 0 Å². The Hall–Kier alpha value is -3.74. The molecule has 0 amide bonds. The van der Waals surface area contributed by atoms with E-state index in [1.807, 2.05) is 65.0 Å². The van der Waals surface area contributed by atoms with Gasteiger partial charge in [0, 0.05) is 60.9 Å². The van der Waals surface area contributed by atoms with Crippen molar-refractivity contribution in [2.75, 3.05) is 0 Å². The fraction of sp³-hybridized carbons (Fsp3) is 0.447. The van der Waals surface area contributed by atoms with Crippen LogP contribution in [0, 0.1) is 30.2 Å². The summed E-state index contributed by atoms with van der Waals surface area (Å²) in [6.07, 6.45) is 4.43. The number of hydrogen-bond donors (Lipinski definition) is 1. The van der Waals surface area contributed by atoms with E-state index in [0.717, 1.165) is 71.7 Å². The summed E-state index contributed by atoms with van der Waals surface area (Å²) in [6, 6.07) is 23.5. The summed E-state index contributed by atoms with van der Waals surface area (Å²) < 4.78 is 46.7. The minimum atomic E-state index is -4.27. The van der Waals surface area contributed by atoms with Gasteiger partial charge in [0.15, 0.2) is 5.78 Å². The van der Waals surface area contributed by atoms with E-state index >= 15 is 0 Å². The molecule has 3 aromatic carbocycles. The Morgan fingerprint density at radius 1 is 0.873 bits per heavy atom. The average molecular weight is 933 g/mol. The second-order valence-electron chi connectivity index (χ2n) is 15.1. The van der Waals surface area contributed by atoms with Crippen LogP contribution in [0.4, 0.5) is 13.2 Å². The topological polar surface area (TPSA) is 63.3 Å². The van der Waals surface area contributed by atoms with Crippen molar-refractivity contribution in [1.29, 1.82) is 0 Å². The van der Waals surface area contributed by atoms with E-state index in [0.29, 0.717) is 22.8 Å². The first-order valence-electron chi connectivity index (χ1n) is 19.6. The molecule has 55 heavy (non-hydrogen) atoms. The van der Waals surface area contributed by atoms with Crippen molar-refractivity contribution in [2.45, 2.75) is 119 Å². The molecule has 0 unspecified atom stereocenters. The Morgan fingerprint density at radius 3 is 2.09 bits per heavy atom. The SMILES string of the molecule is CCC(CC)C(=O)/C=C(\O)C(CC)CC.CCC(CC)c1cc(-c2nccc3cc(-c4ccc(CC(C)(C)C(F)(F)F)cc4C)oc23)[c-]c2ccccc12.[Ir]. The molecule has 2 heterocycles. The van der Waals surface area contributed by atoms with Crippen LogP contribution in [-0.2, 0) is 31.3 Å². The average Bonchev–Trinajstić information content (AvgIpc) is 3.57. The predicted octanol–water partition coefficient (Wildman–Crippen LogP) is 14.3. The summed E-state index contributed by atoms with van der Waals surface area (Å²) >= 11 is 0. The number of nitrogens with zero attached hydrogens (tertiary/aromatic N) is 1. The van der Waals surface area contributed by atoms with Crippen molar-refractivity contribution in [3.05, 3.63) is 101 Å². The van der Waals surface area contributed by atoms with Gasteiger partial charge in [0.05, 0.1) is 11.2 Å². The van der Waals surface area contributed by atoms with Crippen LogP contribution >= 0.6 is 0 Å². The van der Waals surface area contributed by atoms with Gasteiger partial charge >= 0.3 is 6.18 Å². The third-order valence-electron chi connectivity index (χ3n) is 11.0. The number of benzene rings is 3. The van der Waals surface area contributed by atoms with Crippen molar-refractivity contribution in [1.82, 2.24) is 4.98 Å². The van der Waals surface area contributed by atoms with Crippen LogP contribution in [0.15, 0.2) is 83.1 Å². The molecule has 5 rings (SSSR count). The fourth-order valence-corrected chi connectivity index (χ4v) is 7.24. The predicted molar refractivity (Wildman–Crippen MR) is 217 cm³/mol. The molecule has 0 saturated carbocycles. The van der Waals surface area contributed by atoms with E-state index in [2.05, 4.69) is 44.2 Å². The molecule has 0 saturated heterocycles. The number of rotatable bonds is 14. The number of halogens is 3. The number of aromatic nitrogens is 1.